The first-order valence-corrected chi connectivity index (χ1v) is 9.99. The molecule has 144 valence electrons. The molecule has 1 aromatic carbocycles. The molecule has 0 aliphatic rings. The van der Waals surface area contributed by atoms with E-state index in [0.29, 0.717) is 12.5 Å². The highest BCUT2D eigenvalue weighted by Gasteiger charge is 2.26. The fourth-order valence-corrected chi connectivity index (χ4v) is 4.05. The number of para-hydroxylation sites is 2. The predicted octanol–water partition coefficient (Wildman–Crippen LogP) is 2.98. The number of amides is 1. The molecule has 3 rings (SSSR count). The molecular weight excluding hydrogens is 368 g/mol. The Balaban J connectivity index is 1.85. The molecule has 0 bridgehead atoms. The lowest BCUT2D eigenvalue weighted by atomic mass is 10.1. The van der Waals surface area contributed by atoms with Gasteiger partial charge in [0, 0.05) is 12.1 Å². The lowest BCUT2D eigenvalue weighted by Crippen LogP contribution is -2.40. The van der Waals surface area contributed by atoms with Crippen molar-refractivity contribution in [3.63, 3.8) is 0 Å². The Morgan fingerprint density at radius 3 is 2.56 bits per heavy atom. The maximum atomic E-state index is 12.5. The Labute approximate surface area is 157 Å². The first-order chi connectivity index (χ1) is 12.6. The Hall–Kier alpha value is -2.65. The molecule has 0 saturated carbocycles. The number of nitrogens with zero attached hydrogens (tertiary/aromatic N) is 2. The second-order valence-electron chi connectivity index (χ2n) is 7.10. The standard InChI is InChI=1S/C18H22N4O4S/c1-5-22-13-9-7-6-8-12(13)19-17(22)20-16(23)14-10-11-15(26-14)27(24,25)21-18(2,3)4/h6-11,21H,5H2,1-4H3,(H,19,20,23). The fourth-order valence-electron chi connectivity index (χ4n) is 2.69. The van der Waals surface area contributed by atoms with Crippen LogP contribution in [0.5, 0.6) is 0 Å². The molecule has 9 heteroatoms. The van der Waals surface area contributed by atoms with Gasteiger partial charge in [0.15, 0.2) is 5.76 Å². The van der Waals surface area contributed by atoms with Crippen LogP contribution in [0.4, 0.5) is 5.95 Å². The van der Waals surface area contributed by atoms with E-state index in [4.69, 9.17) is 4.42 Å². The number of hydrogen-bond donors (Lipinski definition) is 2. The van der Waals surface area contributed by atoms with Crippen LogP contribution in [0.1, 0.15) is 38.2 Å². The topological polar surface area (TPSA) is 106 Å². The van der Waals surface area contributed by atoms with Gasteiger partial charge in [-0.2, -0.15) is 0 Å². The lowest BCUT2D eigenvalue weighted by molar-refractivity contribution is 0.0990. The number of carbonyl (C=O) groups excluding carboxylic acids is 1. The molecule has 0 saturated heterocycles. The van der Waals surface area contributed by atoms with Gasteiger partial charge in [0.1, 0.15) is 0 Å². The lowest BCUT2D eigenvalue weighted by Gasteiger charge is -2.18. The minimum Gasteiger partial charge on any atom is -0.438 e. The molecule has 0 unspecified atom stereocenters. The third-order valence-corrected chi connectivity index (χ3v) is 5.34. The summed E-state index contributed by atoms with van der Waals surface area (Å²) < 4.78 is 34.2. The monoisotopic (exact) mass is 390 g/mol. The summed E-state index contributed by atoms with van der Waals surface area (Å²) >= 11 is 0. The van der Waals surface area contributed by atoms with Gasteiger partial charge in [-0.1, -0.05) is 12.1 Å². The van der Waals surface area contributed by atoms with Gasteiger partial charge in [-0.15, -0.1) is 0 Å². The molecule has 0 radical (unpaired) electrons. The molecule has 2 heterocycles. The third kappa shape index (κ3) is 4.04. The number of sulfonamides is 1. The van der Waals surface area contributed by atoms with E-state index >= 15 is 0 Å². The van der Waals surface area contributed by atoms with E-state index < -0.39 is 21.5 Å². The Kier molecular flexibility index (Phi) is 4.83. The molecule has 27 heavy (non-hydrogen) atoms. The van der Waals surface area contributed by atoms with Gasteiger partial charge in [0.2, 0.25) is 11.0 Å². The van der Waals surface area contributed by atoms with Crippen LogP contribution in [0.2, 0.25) is 0 Å². The van der Waals surface area contributed by atoms with Gasteiger partial charge in [0.25, 0.3) is 15.9 Å². The van der Waals surface area contributed by atoms with E-state index in [2.05, 4.69) is 15.0 Å². The second kappa shape index (κ2) is 6.82. The van der Waals surface area contributed by atoms with Crippen LogP contribution in [0, 0.1) is 0 Å². The highest BCUT2D eigenvalue weighted by molar-refractivity contribution is 7.89. The van der Waals surface area contributed by atoms with Gasteiger partial charge < -0.3 is 8.98 Å². The highest BCUT2D eigenvalue weighted by atomic mass is 32.2. The van der Waals surface area contributed by atoms with Crippen molar-refractivity contribution in [2.75, 3.05) is 5.32 Å². The summed E-state index contributed by atoms with van der Waals surface area (Å²) in [5.74, 6) is -0.312. The predicted molar refractivity (Wildman–Crippen MR) is 102 cm³/mol. The number of hydrogen-bond acceptors (Lipinski definition) is 5. The smallest absolute Gasteiger partial charge is 0.293 e. The molecule has 0 aliphatic heterocycles. The number of furan rings is 1. The maximum absolute atomic E-state index is 12.5. The molecule has 8 nitrogen and oxygen atoms in total. The summed E-state index contributed by atoms with van der Waals surface area (Å²) in [6, 6.07) is 10.1. The van der Waals surface area contributed by atoms with E-state index in [-0.39, 0.29) is 10.9 Å². The van der Waals surface area contributed by atoms with Crippen LogP contribution >= 0.6 is 0 Å². The van der Waals surface area contributed by atoms with E-state index in [1.165, 1.54) is 12.1 Å². The van der Waals surface area contributed by atoms with Crippen molar-refractivity contribution >= 4 is 32.9 Å². The summed E-state index contributed by atoms with van der Waals surface area (Å²) in [7, 11) is -3.85. The first-order valence-electron chi connectivity index (χ1n) is 8.51. The van der Waals surface area contributed by atoms with Crippen LogP contribution in [0.3, 0.4) is 0 Å². The molecule has 2 aromatic heterocycles. The zero-order chi connectivity index (χ0) is 19.8. The van der Waals surface area contributed by atoms with Crippen molar-refractivity contribution < 1.29 is 17.6 Å². The molecular formula is C18H22N4O4S. The Bertz CT molecular complexity index is 1090. The van der Waals surface area contributed by atoms with Crippen LogP contribution in [-0.4, -0.2) is 29.4 Å². The van der Waals surface area contributed by atoms with E-state index in [1.54, 1.807) is 20.8 Å². The normalized spacial score (nSPS) is 12.4. The zero-order valence-electron chi connectivity index (χ0n) is 15.6. The van der Waals surface area contributed by atoms with E-state index in [1.807, 2.05) is 35.8 Å². The van der Waals surface area contributed by atoms with Crippen molar-refractivity contribution in [3.05, 3.63) is 42.2 Å². The molecule has 1 amide bonds. The van der Waals surface area contributed by atoms with Crippen molar-refractivity contribution in [1.29, 1.82) is 0 Å². The average molecular weight is 390 g/mol. The average Bonchev–Trinajstić information content (AvgIpc) is 3.17. The SMILES string of the molecule is CCn1c(NC(=O)c2ccc(S(=O)(=O)NC(C)(C)C)o2)nc2ccccc21. The number of imidazole rings is 1. The van der Waals surface area contributed by atoms with Gasteiger partial charge in [-0.05, 0) is 52.0 Å². The van der Waals surface area contributed by atoms with Crippen molar-refractivity contribution in [3.8, 4) is 0 Å². The quantitative estimate of drug-likeness (QED) is 0.697. The molecule has 3 aromatic rings. The number of benzene rings is 1. The molecule has 0 aliphatic carbocycles. The fraction of sp³-hybridized carbons (Fsp3) is 0.333. The maximum Gasteiger partial charge on any atom is 0.293 e. The summed E-state index contributed by atoms with van der Waals surface area (Å²) in [5, 5.41) is 2.37. The van der Waals surface area contributed by atoms with Crippen molar-refractivity contribution in [2.45, 2.75) is 44.9 Å². The Morgan fingerprint density at radius 1 is 1.19 bits per heavy atom. The number of aryl methyl sites for hydroxylation is 1. The molecule has 0 fully saturated rings. The number of fused-ring (bicyclic) bond motifs is 1. The summed E-state index contributed by atoms with van der Waals surface area (Å²) in [6.45, 7) is 7.71. The van der Waals surface area contributed by atoms with Gasteiger partial charge >= 0.3 is 0 Å². The van der Waals surface area contributed by atoms with Crippen molar-refractivity contribution in [2.24, 2.45) is 0 Å². The minimum absolute atomic E-state index is 0.112. The number of carbonyl (C=O) groups is 1. The summed E-state index contributed by atoms with van der Waals surface area (Å²) in [4.78, 5) is 16.9. The summed E-state index contributed by atoms with van der Waals surface area (Å²) in [5.41, 5.74) is 0.985. The van der Waals surface area contributed by atoms with Crippen molar-refractivity contribution in [1.82, 2.24) is 14.3 Å². The summed E-state index contributed by atoms with van der Waals surface area (Å²) in [6.07, 6.45) is 0. The highest BCUT2D eigenvalue weighted by Crippen LogP contribution is 2.21. The van der Waals surface area contributed by atoms with Crippen LogP contribution in [0.25, 0.3) is 11.0 Å². The number of aromatic nitrogens is 2. The zero-order valence-corrected chi connectivity index (χ0v) is 16.4. The molecule has 2 N–H and O–H groups in total. The second-order valence-corrected chi connectivity index (χ2v) is 8.71. The molecule has 0 atom stereocenters. The van der Waals surface area contributed by atoms with E-state index in [0.717, 1.165) is 11.0 Å². The number of anilines is 1. The molecule has 0 spiro atoms. The van der Waals surface area contributed by atoms with Crippen LogP contribution < -0.4 is 10.0 Å². The van der Waals surface area contributed by atoms with Gasteiger partial charge in [-0.3, -0.25) is 10.1 Å². The number of rotatable bonds is 5. The minimum atomic E-state index is -3.85. The van der Waals surface area contributed by atoms with Gasteiger partial charge in [-0.25, -0.2) is 18.1 Å². The van der Waals surface area contributed by atoms with Crippen LogP contribution in [-0.2, 0) is 16.6 Å². The van der Waals surface area contributed by atoms with Gasteiger partial charge in [0.05, 0.1) is 11.0 Å². The largest absolute Gasteiger partial charge is 0.438 e. The Morgan fingerprint density at radius 2 is 1.89 bits per heavy atom. The first kappa shape index (κ1) is 19.1. The van der Waals surface area contributed by atoms with E-state index in [9.17, 15) is 13.2 Å². The number of nitrogens with one attached hydrogen (secondary N) is 2. The third-order valence-electron chi connectivity index (χ3n) is 3.71. The van der Waals surface area contributed by atoms with Crippen LogP contribution in [0.15, 0.2) is 45.9 Å².